The highest BCUT2D eigenvalue weighted by atomic mass is 16.5. The summed E-state index contributed by atoms with van der Waals surface area (Å²) in [5.41, 5.74) is 0.997. The van der Waals surface area contributed by atoms with E-state index in [0.717, 1.165) is 17.1 Å². The minimum atomic E-state index is 0.562. The van der Waals surface area contributed by atoms with Gasteiger partial charge < -0.3 is 14.8 Å². The van der Waals surface area contributed by atoms with E-state index in [1.165, 1.54) is 0 Å². The molecule has 2 aromatic rings. The van der Waals surface area contributed by atoms with Gasteiger partial charge in [-0.1, -0.05) is 17.2 Å². The monoisotopic (exact) mass is 277 g/mol. The van der Waals surface area contributed by atoms with Crippen LogP contribution in [0.25, 0.3) is 0 Å². The van der Waals surface area contributed by atoms with Crippen LogP contribution >= 0.6 is 0 Å². The molecule has 0 aliphatic carbocycles. The van der Waals surface area contributed by atoms with E-state index in [2.05, 4.69) is 20.8 Å². The summed E-state index contributed by atoms with van der Waals surface area (Å²) in [6, 6.07) is 5.80. The zero-order valence-corrected chi connectivity index (χ0v) is 12.0. The second-order valence-corrected chi connectivity index (χ2v) is 4.05. The van der Waals surface area contributed by atoms with Crippen LogP contribution in [0.4, 0.5) is 5.95 Å². The molecule has 0 atom stereocenters. The molecule has 0 aliphatic heterocycles. The highest BCUT2D eigenvalue weighted by molar-refractivity contribution is 5.47. The first-order valence-corrected chi connectivity index (χ1v) is 6.58. The summed E-state index contributed by atoms with van der Waals surface area (Å²) in [4.78, 5) is 0. The van der Waals surface area contributed by atoms with Crippen molar-refractivity contribution in [2.75, 3.05) is 19.0 Å². The molecule has 20 heavy (non-hydrogen) atoms. The molecule has 0 aliphatic rings. The Balaban J connectivity index is 2.16. The number of benzene rings is 1. The molecule has 0 spiro atoms. The fourth-order valence-electron chi connectivity index (χ4n) is 1.89. The van der Waals surface area contributed by atoms with Gasteiger partial charge >= 0.3 is 0 Å². The quantitative estimate of drug-likeness (QED) is 0.830. The largest absolute Gasteiger partial charge is 0.493 e. The molecule has 0 saturated heterocycles. The highest BCUT2D eigenvalue weighted by Crippen LogP contribution is 2.31. The van der Waals surface area contributed by atoms with E-state index in [1.807, 2.05) is 32.0 Å². The number of nitrogens with zero attached hydrogens (tertiary/aromatic N) is 4. The lowest BCUT2D eigenvalue weighted by Gasteiger charge is -2.14. The zero-order valence-electron chi connectivity index (χ0n) is 12.0. The maximum absolute atomic E-state index is 5.66. The van der Waals surface area contributed by atoms with Gasteiger partial charge in [0.25, 0.3) is 0 Å². The molecule has 1 N–H and O–H groups in total. The number of aromatic nitrogens is 4. The minimum absolute atomic E-state index is 0.562. The van der Waals surface area contributed by atoms with Crippen molar-refractivity contribution in [1.82, 2.24) is 20.2 Å². The van der Waals surface area contributed by atoms with Crippen molar-refractivity contribution in [3.05, 3.63) is 23.8 Å². The van der Waals surface area contributed by atoms with Crippen molar-refractivity contribution in [2.24, 2.45) is 0 Å². The molecule has 0 amide bonds. The molecule has 108 valence electrons. The van der Waals surface area contributed by atoms with Crippen LogP contribution in [0.2, 0.25) is 0 Å². The standard InChI is InChI=1S/C13H19N5O2/c1-4-18-13(15-16-17-18)14-9-10-7-6-8-11(19-3)12(10)20-5-2/h6-8H,4-5,9H2,1-3H3,(H,14,15,17). The molecule has 0 saturated carbocycles. The van der Waals surface area contributed by atoms with E-state index >= 15 is 0 Å². The predicted octanol–water partition coefficient (Wildman–Crippen LogP) is 1.71. The molecule has 1 heterocycles. The summed E-state index contributed by atoms with van der Waals surface area (Å²) in [6.07, 6.45) is 0. The highest BCUT2D eigenvalue weighted by Gasteiger charge is 2.11. The SMILES string of the molecule is CCOc1c(CNc2nnnn2CC)cccc1OC. The van der Waals surface area contributed by atoms with Crippen LogP contribution in [0.15, 0.2) is 18.2 Å². The number of aryl methyl sites for hydroxylation is 1. The van der Waals surface area contributed by atoms with Crippen LogP contribution in [0.1, 0.15) is 19.4 Å². The van der Waals surface area contributed by atoms with Gasteiger partial charge in [-0.3, -0.25) is 0 Å². The molecule has 1 aromatic heterocycles. The topological polar surface area (TPSA) is 74.1 Å². The van der Waals surface area contributed by atoms with E-state index in [9.17, 15) is 0 Å². The number of hydrogen-bond donors (Lipinski definition) is 1. The van der Waals surface area contributed by atoms with Gasteiger partial charge in [0, 0.05) is 18.7 Å². The Hall–Kier alpha value is -2.31. The van der Waals surface area contributed by atoms with Gasteiger partial charge in [0.1, 0.15) is 0 Å². The molecule has 0 radical (unpaired) electrons. The van der Waals surface area contributed by atoms with Crippen molar-refractivity contribution in [3.8, 4) is 11.5 Å². The number of para-hydroxylation sites is 1. The first kappa shape index (κ1) is 14.1. The molecular weight excluding hydrogens is 258 g/mol. The van der Waals surface area contributed by atoms with Crippen molar-refractivity contribution < 1.29 is 9.47 Å². The summed E-state index contributed by atoms with van der Waals surface area (Å²) < 4.78 is 12.7. The Bertz CT molecular complexity index is 555. The molecule has 0 fully saturated rings. The normalized spacial score (nSPS) is 10.3. The second kappa shape index (κ2) is 6.74. The number of anilines is 1. The van der Waals surface area contributed by atoms with Gasteiger partial charge in [-0.05, 0) is 30.3 Å². The summed E-state index contributed by atoms with van der Waals surface area (Å²) in [7, 11) is 1.63. The number of rotatable bonds is 7. The number of ether oxygens (including phenoxy) is 2. The third kappa shape index (κ3) is 2.98. The Kier molecular flexibility index (Phi) is 4.75. The minimum Gasteiger partial charge on any atom is -0.493 e. The fraction of sp³-hybridized carbons (Fsp3) is 0.462. The molecule has 0 bridgehead atoms. The van der Waals surface area contributed by atoms with Gasteiger partial charge in [-0.25, -0.2) is 4.68 Å². The third-order valence-corrected chi connectivity index (χ3v) is 2.84. The Morgan fingerprint density at radius 2 is 2.15 bits per heavy atom. The smallest absolute Gasteiger partial charge is 0.243 e. The first-order valence-electron chi connectivity index (χ1n) is 6.58. The van der Waals surface area contributed by atoms with Gasteiger partial charge in [-0.15, -0.1) is 0 Å². The lowest BCUT2D eigenvalue weighted by atomic mass is 10.2. The average Bonchev–Trinajstić information content (AvgIpc) is 2.93. The van der Waals surface area contributed by atoms with Gasteiger partial charge in [0.15, 0.2) is 11.5 Å². The molecule has 2 rings (SSSR count). The van der Waals surface area contributed by atoms with Gasteiger partial charge in [0.05, 0.1) is 13.7 Å². The van der Waals surface area contributed by atoms with Crippen molar-refractivity contribution in [3.63, 3.8) is 0 Å². The number of hydrogen-bond acceptors (Lipinski definition) is 6. The van der Waals surface area contributed by atoms with E-state index in [-0.39, 0.29) is 0 Å². The molecule has 0 unspecified atom stereocenters. The van der Waals surface area contributed by atoms with E-state index in [1.54, 1.807) is 11.8 Å². The van der Waals surface area contributed by atoms with Crippen LogP contribution in [0.3, 0.4) is 0 Å². The molecule has 7 heteroatoms. The van der Waals surface area contributed by atoms with E-state index < -0.39 is 0 Å². The predicted molar refractivity (Wildman–Crippen MR) is 75.0 cm³/mol. The zero-order chi connectivity index (χ0) is 14.4. The summed E-state index contributed by atoms with van der Waals surface area (Å²) in [6.45, 7) is 5.79. The van der Waals surface area contributed by atoms with Crippen molar-refractivity contribution >= 4 is 5.95 Å². The summed E-state index contributed by atoms with van der Waals surface area (Å²) >= 11 is 0. The molecule has 7 nitrogen and oxygen atoms in total. The maximum Gasteiger partial charge on any atom is 0.243 e. The van der Waals surface area contributed by atoms with Crippen LogP contribution in [-0.2, 0) is 13.1 Å². The lowest BCUT2D eigenvalue weighted by molar-refractivity contribution is 0.308. The average molecular weight is 277 g/mol. The summed E-state index contributed by atoms with van der Waals surface area (Å²) in [5.74, 6) is 2.11. The number of methoxy groups -OCH3 is 1. The Labute approximate surface area is 117 Å². The lowest BCUT2D eigenvalue weighted by Crippen LogP contribution is -2.09. The van der Waals surface area contributed by atoms with Crippen LogP contribution in [0, 0.1) is 0 Å². The second-order valence-electron chi connectivity index (χ2n) is 4.05. The van der Waals surface area contributed by atoms with Crippen molar-refractivity contribution in [1.29, 1.82) is 0 Å². The molecular formula is C13H19N5O2. The molecule has 1 aromatic carbocycles. The maximum atomic E-state index is 5.66. The van der Waals surface area contributed by atoms with Crippen LogP contribution < -0.4 is 14.8 Å². The number of nitrogens with one attached hydrogen (secondary N) is 1. The third-order valence-electron chi connectivity index (χ3n) is 2.84. The number of tetrazole rings is 1. The van der Waals surface area contributed by atoms with Crippen LogP contribution in [-0.4, -0.2) is 33.9 Å². The fourth-order valence-corrected chi connectivity index (χ4v) is 1.89. The van der Waals surface area contributed by atoms with Crippen molar-refractivity contribution in [2.45, 2.75) is 26.9 Å². The van der Waals surface area contributed by atoms with E-state index in [4.69, 9.17) is 9.47 Å². The van der Waals surface area contributed by atoms with Gasteiger partial charge in [-0.2, -0.15) is 0 Å². The van der Waals surface area contributed by atoms with Crippen LogP contribution in [0.5, 0.6) is 11.5 Å². The Morgan fingerprint density at radius 3 is 2.85 bits per heavy atom. The Morgan fingerprint density at radius 1 is 1.30 bits per heavy atom. The van der Waals surface area contributed by atoms with Gasteiger partial charge in [0.2, 0.25) is 5.95 Å². The first-order chi connectivity index (χ1) is 9.80. The summed E-state index contributed by atoms with van der Waals surface area (Å²) in [5, 5.41) is 14.7. The van der Waals surface area contributed by atoms with E-state index in [0.29, 0.717) is 25.6 Å².